The maximum absolute atomic E-state index is 11.1. The number of aromatic nitrogens is 1. The molecule has 0 spiro atoms. The van der Waals surface area contributed by atoms with E-state index >= 15 is 0 Å². The number of carboxylic acid groups (broad SMARTS) is 1. The molecular formula is C15H17N3O2. The summed E-state index contributed by atoms with van der Waals surface area (Å²) in [5, 5.41) is 9.12. The molecule has 0 aliphatic heterocycles. The quantitative estimate of drug-likeness (QED) is 0.816. The summed E-state index contributed by atoms with van der Waals surface area (Å²) < 4.78 is 0. The molecule has 0 bridgehead atoms. The molecule has 0 atom stereocenters. The van der Waals surface area contributed by atoms with Crippen LogP contribution in [0.15, 0.2) is 42.6 Å². The van der Waals surface area contributed by atoms with Crippen molar-refractivity contribution in [3.63, 3.8) is 0 Å². The first kappa shape index (κ1) is 13.9. The molecule has 0 saturated heterocycles. The minimum absolute atomic E-state index is 0.127. The van der Waals surface area contributed by atoms with E-state index in [1.54, 1.807) is 12.3 Å². The van der Waals surface area contributed by atoms with E-state index in [0.29, 0.717) is 13.1 Å². The summed E-state index contributed by atoms with van der Waals surface area (Å²) in [5.41, 5.74) is 8.02. The topological polar surface area (TPSA) is 79.5 Å². The number of carboxylic acids is 1. The second-order valence-corrected chi connectivity index (χ2v) is 4.38. The number of pyridine rings is 1. The Morgan fingerprint density at radius 2 is 2.10 bits per heavy atom. The Morgan fingerprint density at radius 1 is 1.30 bits per heavy atom. The van der Waals surface area contributed by atoms with Crippen LogP contribution in [-0.4, -0.2) is 22.6 Å². The van der Waals surface area contributed by atoms with Gasteiger partial charge in [-0.1, -0.05) is 12.1 Å². The maximum Gasteiger partial charge on any atom is 0.337 e. The van der Waals surface area contributed by atoms with Gasteiger partial charge in [-0.05, 0) is 31.2 Å². The Bertz CT molecular complexity index is 599. The molecule has 0 aliphatic carbocycles. The van der Waals surface area contributed by atoms with Crippen molar-refractivity contribution in [3.8, 4) is 0 Å². The van der Waals surface area contributed by atoms with Crippen LogP contribution in [0.2, 0.25) is 0 Å². The van der Waals surface area contributed by atoms with Crippen molar-refractivity contribution < 1.29 is 9.90 Å². The highest BCUT2D eigenvalue weighted by molar-refractivity contribution is 5.97. The zero-order chi connectivity index (χ0) is 14.5. The van der Waals surface area contributed by atoms with Gasteiger partial charge in [-0.15, -0.1) is 0 Å². The standard InChI is InChI=1S/C15H17N3O2/c1-2-18(10-11-6-3-4-9-17-11)13-8-5-7-12(14(13)16)15(19)20/h3-9H,2,10,16H2,1H3,(H,19,20). The first-order valence-electron chi connectivity index (χ1n) is 6.40. The van der Waals surface area contributed by atoms with Crippen LogP contribution >= 0.6 is 0 Å². The smallest absolute Gasteiger partial charge is 0.337 e. The van der Waals surface area contributed by atoms with Crippen LogP contribution in [0.25, 0.3) is 0 Å². The highest BCUT2D eigenvalue weighted by Crippen LogP contribution is 2.27. The van der Waals surface area contributed by atoms with Gasteiger partial charge in [-0.3, -0.25) is 4.98 Å². The average Bonchev–Trinajstić information content (AvgIpc) is 2.46. The summed E-state index contributed by atoms with van der Waals surface area (Å²) >= 11 is 0. The lowest BCUT2D eigenvalue weighted by Gasteiger charge is -2.24. The average molecular weight is 271 g/mol. The SMILES string of the molecule is CCN(Cc1ccccn1)c1cccc(C(=O)O)c1N. The van der Waals surface area contributed by atoms with E-state index in [2.05, 4.69) is 4.98 Å². The number of nitrogens with two attached hydrogens (primary N) is 1. The molecule has 2 aromatic rings. The molecule has 0 saturated carbocycles. The van der Waals surface area contributed by atoms with Gasteiger partial charge in [0.2, 0.25) is 0 Å². The second-order valence-electron chi connectivity index (χ2n) is 4.38. The van der Waals surface area contributed by atoms with E-state index in [4.69, 9.17) is 10.8 Å². The first-order chi connectivity index (χ1) is 9.63. The third-order valence-corrected chi connectivity index (χ3v) is 3.11. The molecule has 5 nitrogen and oxygen atoms in total. The predicted molar refractivity (Wildman–Crippen MR) is 78.8 cm³/mol. The Hall–Kier alpha value is -2.56. The van der Waals surface area contributed by atoms with Gasteiger partial charge >= 0.3 is 5.97 Å². The lowest BCUT2D eigenvalue weighted by atomic mass is 10.1. The number of rotatable bonds is 5. The molecule has 3 N–H and O–H groups in total. The van der Waals surface area contributed by atoms with Crippen molar-refractivity contribution >= 4 is 17.3 Å². The predicted octanol–water partition coefficient (Wildman–Crippen LogP) is 2.39. The van der Waals surface area contributed by atoms with Crippen LogP contribution in [-0.2, 0) is 6.54 Å². The zero-order valence-electron chi connectivity index (χ0n) is 11.3. The van der Waals surface area contributed by atoms with Crippen LogP contribution < -0.4 is 10.6 Å². The Morgan fingerprint density at radius 3 is 2.70 bits per heavy atom. The number of anilines is 2. The number of nitrogen functional groups attached to an aromatic ring is 1. The lowest BCUT2D eigenvalue weighted by molar-refractivity contribution is 0.0698. The molecule has 5 heteroatoms. The summed E-state index contributed by atoms with van der Waals surface area (Å²) in [6.07, 6.45) is 1.74. The monoisotopic (exact) mass is 271 g/mol. The van der Waals surface area contributed by atoms with Crippen molar-refractivity contribution in [1.29, 1.82) is 0 Å². The Balaban J connectivity index is 2.33. The van der Waals surface area contributed by atoms with Crippen LogP contribution in [0, 0.1) is 0 Å². The van der Waals surface area contributed by atoms with Gasteiger partial charge in [0.05, 0.1) is 29.2 Å². The molecule has 1 aromatic carbocycles. The molecule has 0 unspecified atom stereocenters. The Labute approximate surface area is 117 Å². The van der Waals surface area contributed by atoms with Crippen molar-refractivity contribution in [2.75, 3.05) is 17.2 Å². The minimum atomic E-state index is -1.02. The number of hydrogen-bond acceptors (Lipinski definition) is 4. The highest BCUT2D eigenvalue weighted by Gasteiger charge is 2.15. The molecule has 0 amide bonds. The second kappa shape index (κ2) is 6.06. The summed E-state index contributed by atoms with van der Waals surface area (Å²) in [6, 6.07) is 10.8. The van der Waals surface area contributed by atoms with E-state index in [0.717, 1.165) is 11.4 Å². The molecular weight excluding hydrogens is 254 g/mol. The van der Waals surface area contributed by atoms with Crippen LogP contribution in [0.3, 0.4) is 0 Å². The van der Waals surface area contributed by atoms with Gasteiger partial charge in [0, 0.05) is 12.7 Å². The first-order valence-corrected chi connectivity index (χ1v) is 6.40. The summed E-state index contributed by atoms with van der Waals surface area (Å²) in [7, 11) is 0. The summed E-state index contributed by atoms with van der Waals surface area (Å²) in [4.78, 5) is 17.4. The van der Waals surface area contributed by atoms with Crippen molar-refractivity contribution in [2.45, 2.75) is 13.5 Å². The molecule has 2 rings (SSSR count). The third-order valence-electron chi connectivity index (χ3n) is 3.11. The number of para-hydroxylation sites is 1. The van der Waals surface area contributed by atoms with Crippen molar-refractivity contribution in [2.24, 2.45) is 0 Å². The van der Waals surface area contributed by atoms with Gasteiger partial charge in [0.15, 0.2) is 0 Å². The van der Waals surface area contributed by atoms with Gasteiger partial charge in [0.1, 0.15) is 0 Å². The van der Waals surface area contributed by atoms with Gasteiger partial charge in [-0.25, -0.2) is 4.79 Å². The summed E-state index contributed by atoms with van der Waals surface area (Å²) in [6.45, 7) is 3.30. The van der Waals surface area contributed by atoms with Crippen LogP contribution in [0.1, 0.15) is 23.0 Å². The fourth-order valence-electron chi connectivity index (χ4n) is 2.07. The fourth-order valence-corrected chi connectivity index (χ4v) is 2.07. The molecule has 1 heterocycles. The van der Waals surface area contributed by atoms with Gasteiger partial charge in [0.25, 0.3) is 0 Å². The number of aromatic carboxylic acids is 1. The third kappa shape index (κ3) is 2.88. The van der Waals surface area contributed by atoms with E-state index < -0.39 is 5.97 Å². The van der Waals surface area contributed by atoms with Gasteiger partial charge < -0.3 is 15.7 Å². The normalized spacial score (nSPS) is 10.2. The molecule has 104 valence electrons. The Kier molecular flexibility index (Phi) is 4.20. The maximum atomic E-state index is 11.1. The molecule has 1 aromatic heterocycles. The van der Waals surface area contributed by atoms with Crippen LogP contribution in [0.5, 0.6) is 0 Å². The van der Waals surface area contributed by atoms with E-state index in [1.165, 1.54) is 6.07 Å². The van der Waals surface area contributed by atoms with E-state index in [1.807, 2.05) is 36.1 Å². The lowest BCUT2D eigenvalue weighted by Crippen LogP contribution is -2.24. The molecule has 20 heavy (non-hydrogen) atoms. The minimum Gasteiger partial charge on any atom is -0.478 e. The molecule has 0 aliphatic rings. The largest absolute Gasteiger partial charge is 0.478 e. The number of benzene rings is 1. The van der Waals surface area contributed by atoms with Gasteiger partial charge in [-0.2, -0.15) is 0 Å². The molecule has 0 radical (unpaired) electrons. The highest BCUT2D eigenvalue weighted by atomic mass is 16.4. The van der Waals surface area contributed by atoms with E-state index in [9.17, 15) is 4.79 Å². The van der Waals surface area contributed by atoms with Crippen LogP contribution in [0.4, 0.5) is 11.4 Å². The summed E-state index contributed by atoms with van der Waals surface area (Å²) in [5.74, 6) is -1.02. The number of hydrogen-bond donors (Lipinski definition) is 2. The van der Waals surface area contributed by atoms with Crippen molar-refractivity contribution in [1.82, 2.24) is 4.98 Å². The van der Waals surface area contributed by atoms with Crippen molar-refractivity contribution in [3.05, 3.63) is 53.9 Å². The number of nitrogens with zero attached hydrogens (tertiary/aromatic N) is 2. The van der Waals surface area contributed by atoms with E-state index in [-0.39, 0.29) is 11.3 Å². The number of carbonyl (C=O) groups is 1. The zero-order valence-corrected chi connectivity index (χ0v) is 11.3. The fraction of sp³-hybridized carbons (Fsp3) is 0.200. The molecule has 0 fully saturated rings.